The quantitative estimate of drug-likeness (QED) is 0.136. The highest BCUT2D eigenvalue weighted by atomic mass is 28.4. The number of rotatable bonds is 19. The molecule has 1 aromatic rings. The molecule has 0 N–H and O–H groups in total. The molecule has 0 aromatic heterocycles. The van der Waals surface area contributed by atoms with Crippen molar-refractivity contribution in [2.75, 3.05) is 6.61 Å². The fraction of sp³-hybridized carbons (Fsp3) is 0.846. The van der Waals surface area contributed by atoms with Crippen LogP contribution in [0.3, 0.4) is 0 Å². The fourth-order valence-electron chi connectivity index (χ4n) is 5.79. The van der Waals surface area contributed by atoms with Crippen LogP contribution in [0.5, 0.6) is 0 Å². The summed E-state index contributed by atoms with van der Waals surface area (Å²) >= 11 is 0. The van der Waals surface area contributed by atoms with Gasteiger partial charge in [0.2, 0.25) is 0 Å². The van der Waals surface area contributed by atoms with Crippen molar-refractivity contribution in [1.29, 1.82) is 0 Å². The van der Waals surface area contributed by atoms with Gasteiger partial charge >= 0.3 is 0 Å². The third kappa shape index (κ3) is 14.1. The van der Waals surface area contributed by atoms with Crippen LogP contribution < -0.4 is 0 Å². The lowest BCUT2D eigenvalue weighted by Crippen LogP contribution is -2.47. The molecule has 2 rings (SSSR count). The lowest BCUT2D eigenvalue weighted by molar-refractivity contribution is -0.308. The standard InChI is InChI=1S/C39H74O5Si2/c1-15-16-21-31(2)36-29-34(42-39(9,10)43-36)24-20-25-35(44-46(13,14)38(6,7)8)28-33(40-30-32-22-18-17-19-23-32)26-27-41-45(11,12)37(3,4)5/h17-19,22-23,31,33-36H,15-16,20-21,24-30H2,1-14H3/t31-,33-,34+,35-,36+/m0/s1. The molecule has 1 aliphatic rings. The smallest absolute Gasteiger partial charge is 0.192 e. The van der Waals surface area contributed by atoms with Crippen LogP contribution in [0.15, 0.2) is 30.3 Å². The predicted molar refractivity (Wildman–Crippen MR) is 200 cm³/mol. The number of hydrogen-bond acceptors (Lipinski definition) is 5. The van der Waals surface area contributed by atoms with Crippen molar-refractivity contribution in [2.45, 2.75) is 200 Å². The first-order valence-corrected chi connectivity index (χ1v) is 24.3. The Labute approximate surface area is 287 Å². The summed E-state index contributed by atoms with van der Waals surface area (Å²) in [4.78, 5) is 0. The molecule has 0 saturated carbocycles. The van der Waals surface area contributed by atoms with Crippen molar-refractivity contribution in [1.82, 2.24) is 0 Å². The van der Waals surface area contributed by atoms with Gasteiger partial charge in [-0.05, 0) is 100 Å². The van der Waals surface area contributed by atoms with Crippen LogP contribution >= 0.6 is 0 Å². The largest absolute Gasteiger partial charge is 0.417 e. The van der Waals surface area contributed by atoms with Gasteiger partial charge in [0.1, 0.15) is 0 Å². The molecule has 0 unspecified atom stereocenters. The van der Waals surface area contributed by atoms with Crippen LogP contribution in [0.25, 0.3) is 0 Å². The maximum absolute atomic E-state index is 7.18. The van der Waals surface area contributed by atoms with Gasteiger partial charge in [-0.2, -0.15) is 0 Å². The molecule has 1 aliphatic heterocycles. The highest BCUT2D eigenvalue weighted by Gasteiger charge is 2.41. The van der Waals surface area contributed by atoms with E-state index in [4.69, 9.17) is 23.1 Å². The third-order valence-corrected chi connectivity index (χ3v) is 20.0. The SMILES string of the molecule is CCCC[C@H](C)[C@H]1C[C@@H](CCC[C@@H](C[C@H](CCO[Si](C)(C)C(C)(C)C)OCc2ccccc2)O[Si](C)(C)C(C)(C)C)OC(C)(C)O1. The van der Waals surface area contributed by atoms with Crippen LogP contribution in [0.2, 0.25) is 36.3 Å². The molecular weight excluding hydrogens is 605 g/mol. The first-order valence-electron chi connectivity index (χ1n) is 18.5. The molecule has 268 valence electrons. The highest BCUT2D eigenvalue weighted by molar-refractivity contribution is 6.74. The van der Waals surface area contributed by atoms with E-state index < -0.39 is 22.4 Å². The van der Waals surface area contributed by atoms with E-state index in [9.17, 15) is 0 Å². The molecule has 5 nitrogen and oxygen atoms in total. The molecular formula is C39H74O5Si2. The van der Waals surface area contributed by atoms with E-state index in [2.05, 4.69) is 126 Å². The van der Waals surface area contributed by atoms with Gasteiger partial charge in [-0.3, -0.25) is 0 Å². The Hall–Kier alpha value is -0.546. The zero-order chi connectivity index (χ0) is 34.8. The Kier molecular flexibility index (Phi) is 16.2. The zero-order valence-electron chi connectivity index (χ0n) is 32.6. The Morgan fingerprint density at radius 3 is 2.07 bits per heavy atom. The van der Waals surface area contributed by atoms with Crippen molar-refractivity contribution >= 4 is 16.6 Å². The molecule has 0 amide bonds. The molecule has 0 radical (unpaired) electrons. The van der Waals surface area contributed by atoms with Crippen molar-refractivity contribution in [3.63, 3.8) is 0 Å². The maximum Gasteiger partial charge on any atom is 0.192 e. The minimum absolute atomic E-state index is 0.0711. The molecule has 7 heteroatoms. The summed E-state index contributed by atoms with van der Waals surface area (Å²) in [5.41, 5.74) is 1.21. The highest BCUT2D eigenvalue weighted by Crippen LogP contribution is 2.40. The summed E-state index contributed by atoms with van der Waals surface area (Å²) in [5.74, 6) is 0.0161. The van der Waals surface area contributed by atoms with E-state index in [1.165, 1.54) is 24.8 Å². The molecule has 0 aliphatic carbocycles. The second-order valence-electron chi connectivity index (χ2n) is 17.6. The minimum Gasteiger partial charge on any atom is -0.417 e. The number of benzene rings is 1. The van der Waals surface area contributed by atoms with E-state index in [1.54, 1.807) is 0 Å². The van der Waals surface area contributed by atoms with Gasteiger partial charge in [0, 0.05) is 19.1 Å². The normalized spacial score (nSPS) is 21.6. The first-order chi connectivity index (χ1) is 21.2. The van der Waals surface area contributed by atoms with E-state index in [0.717, 1.165) is 45.1 Å². The van der Waals surface area contributed by atoms with E-state index >= 15 is 0 Å². The molecule has 5 atom stereocenters. The van der Waals surface area contributed by atoms with Crippen LogP contribution in [0.4, 0.5) is 0 Å². The molecule has 1 fully saturated rings. The Bertz CT molecular complexity index is 982. The van der Waals surface area contributed by atoms with Crippen molar-refractivity contribution in [2.24, 2.45) is 5.92 Å². The van der Waals surface area contributed by atoms with Crippen LogP contribution in [0, 0.1) is 5.92 Å². The molecule has 0 spiro atoms. The summed E-state index contributed by atoms with van der Waals surface area (Å²) in [6.07, 6.45) is 10.3. The van der Waals surface area contributed by atoms with Gasteiger partial charge < -0.3 is 23.1 Å². The predicted octanol–water partition coefficient (Wildman–Crippen LogP) is 11.7. The summed E-state index contributed by atoms with van der Waals surface area (Å²) < 4.78 is 33.4. The minimum atomic E-state index is -1.99. The number of unbranched alkanes of at least 4 members (excludes halogenated alkanes) is 1. The Morgan fingerprint density at radius 2 is 1.48 bits per heavy atom. The second-order valence-corrected chi connectivity index (χ2v) is 27.2. The summed E-state index contributed by atoms with van der Waals surface area (Å²) in [6, 6.07) is 10.5. The van der Waals surface area contributed by atoms with E-state index in [-0.39, 0.29) is 34.5 Å². The van der Waals surface area contributed by atoms with Gasteiger partial charge in [-0.1, -0.05) is 98.6 Å². The fourth-order valence-corrected chi connectivity index (χ4v) is 8.25. The topological polar surface area (TPSA) is 46.2 Å². The Balaban J connectivity index is 2.17. The number of ether oxygens (including phenoxy) is 3. The first kappa shape index (κ1) is 41.6. The molecule has 0 bridgehead atoms. The van der Waals surface area contributed by atoms with Gasteiger partial charge in [-0.25, -0.2) is 0 Å². The molecule has 46 heavy (non-hydrogen) atoms. The zero-order valence-corrected chi connectivity index (χ0v) is 34.6. The summed E-state index contributed by atoms with van der Waals surface area (Å²) in [5, 5.41) is 0.335. The molecule has 1 aromatic carbocycles. The maximum atomic E-state index is 7.18. The van der Waals surface area contributed by atoms with Crippen LogP contribution in [0.1, 0.15) is 133 Å². The van der Waals surface area contributed by atoms with E-state index in [1.807, 2.05) is 0 Å². The lowest BCUT2D eigenvalue weighted by Gasteiger charge is -2.43. The van der Waals surface area contributed by atoms with Gasteiger partial charge in [0.05, 0.1) is 24.9 Å². The van der Waals surface area contributed by atoms with Crippen molar-refractivity contribution < 1.29 is 23.1 Å². The third-order valence-electron chi connectivity index (χ3n) is 10.9. The number of hydrogen-bond donors (Lipinski definition) is 0. The Morgan fingerprint density at radius 1 is 0.848 bits per heavy atom. The van der Waals surface area contributed by atoms with Crippen LogP contribution in [-0.2, 0) is 29.7 Å². The second kappa shape index (κ2) is 17.9. The van der Waals surface area contributed by atoms with Crippen molar-refractivity contribution in [3.8, 4) is 0 Å². The lowest BCUT2D eigenvalue weighted by atomic mass is 9.90. The van der Waals surface area contributed by atoms with Gasteiger partial charge in [0.25, 0.3) is 0 Å². The van der Waals surface area contributed by atoms with Crippen molar-refractivity contribution in [3.05, 3.63) is 35.9 Å². The monoisotopic (exact) mass is 679 g/mol. The summed E-state index contributed by atoms with van der Waals surface area (Å²) in [7, 11) is -3.83. The molecule has 1 saturated heterocycles. The molecule has 1 heterocycles. The average Bonchev–Trinajstić information content (AvgIpc) is 2.92. The van der Waals surface area contributed by atoms with Gasteiger partial charge in [-0.15, -0.1) is 0 Å². The van der Waals surface area contributed by atoms with Crippen LogP contribution in [-0.4, -0.2) is 53.4 Å². The average molecular weight is 679 g/mol. The van der Waals surface area contributed by atoms with Gasteiger partial charge in [0.15, 0.2) is 22.4 Å². The van der Waals surface area contributed by atoms with E-state index in [0.29, 0.717) is 12.5 Å². The summed E-state index contributed by atoms with van der Waals surface area (Å²) in [6.45, 7) is 33.5.